The number of aliphatic hydroxyl groups is 3. The van der Waals surface area contributed by atoms with Crippen LogP contribution in [0.3, 0.4) is 0 Å². The predicted molar refractivity (Wildman–Crippen MR) is 176 cm³/mol. The van der Waals surface area contributed by atoms with Gasteiger partial charge >= 0.3 is 0 Å². The molecule has 4 heterocycles. The van der Waals surface area contributed by atoms with Crippen molar-refractivity contribution in [2.24, 2.45) is 5.92 Å². The van der Waals surface area contributed by atoms with Crippen molar-refractivity contribution in [2.45, 2.75) is 69.6 Å². The van der Waals surface area contributed by atoms with E-state index in [1.165, 1.54) is 6.08 Å². The van der Waals surface area contributed by atoms with Crippen molar-refractivity contribution >= 4 is 40.4 Å². The molecule has 0 radical (unpaired) electrons. The van der Waals surface area contributed by atoms with Crippen LogP contribution in [0.2, 0.25) is 5.02 Å². The van der Waals surface area contributed by atoms with Gasteiger partial charge in [-0.3, -0.25) is 14.6 Å². The van der Waals surface area contributed by atoms with Crippen molar-refractivity contribution in [2.75, 3.05) is 23.8 Å². The van der Waals surface area contributed by atoms with Gasteiger partial charge in [0.2, 0.25) is 11.8 Å². The number of hydrogen-bond donors (Lipinski definition) is 5. The molecule has 254 valence electrons. The van der Waals surface area contributed by atoms with Crippen LogP contribution in [0.1, 0.15) is 56.3 Å². The van der Waals surface area contributed by atoms with Crippen LogP contribution < -0.4 is 10.6 Å². The molecule has 1 fully saturated rings. The molecule has 10 nitrogen and oxygen atoms in total. The molecule has 1 saturated heterocycles. The molecular weight excluding hydrogens is 646 g/mol. The molecule has 4 unspecified atom stereocenters. The summed E-state index contributed by atoms with van der Waals surface area (Å²) in [5.74, 6) is -2.64. The fourth-order valence-electron chi connectivity index (χ4n) is 6.59. The largest absolute Gasteiger partial charge is 0.394 e. The van der Waals surface area contributed by atoms with Crippen LogP contribution in [0.4, 0.5) is 20.2 Å². The molecule has 0 aliphatic carbocycles. The maximum Gasteiger partial charge on any atom is 0.247 e. The van der Waals surface area contributed by atoms with E-state index in [0.717, 1.165) is 17.7 Å². The highest BCUT2D eigenvalue weighted by Crippen LogP contribution is 2.38. The van der Waals surface area contributed by atoms with E-state index in [2.05, 4.69) is 15.6 Å². The molecule has 3 aliphatic heterocycles. The van der Waals surface area contributed by atoms with Gasteiger partial charge in [-0.2, -0.15) is 0 Å². The molecular formula is C35H37ClF2N4O6. The number of halogens is 3. The normalized spacial score (nSPS) is 26.5. The van der Waals surface area contributed by atoms with Crippen LogP contribution in [0.25, 0.3) is 16.7 Å². The molecule has 2 bridgehead atoms. The highest BCUT2D eigenvalue weighted by atomic mass is 35.5. The first-order valence-electron chi connectivity index (χ1n) is 16.0. The zero-order chi connectivity index (χ0) is 34.1. The summed E-state index contributed by atoms with van der Waals surface area (Å²) < 4.78 is 35.1. The predicted octanol–water partition coefficient (Wildman–Crippen LogP) is 5.04. The summed E-state index contributed by atoms with van der Waals surface area (Å²) in [6, 6.07) is 10.7. The standard InChI is InChI=1S/C35H37ClF2N4O6/c1-18-3-2-4-27(42-12-10-20(14-31(42)46)32-24(37)8-7-23(36)33(32)38)26-13-19(9-11-39-26)22-6-5-21(15-25(22)41-34(18)47)40-35-29(45)16-28(44)30(17-43)48-35/h5-9,11,13-15,18,27-30,35,40,43-45H,2-4,10,12,16-17H2,1H3,(H,41,47)/t18?,27?,28?,29-,30+,35?/m0/s1. The molecule has 13 heteroatoms. The van der Waals surface area contributed by atoms with E-state index in [0.29, 0.717) is 41.9 Å². The summed E-state index contributed by atoms with van der Waals surface area (Å²) in [5, 5.41) is 36.1. The third kappa shape index (κ3) is 6.94. The minimum absolute atomic E-state index is 0.0219. The van der Waals surface area contributed by atoms with Gasteiger partial charge in [-0.05, 0) is 66.8 Å². The number of ether oxygens (including phenoxy) is 1. The van der Waals surface area contributed by atoms with E-state index in [-0.39, 0.29) is 47.4 Å². The van der Waals surface area contributed by atoms with E-state index in [4.69, 9.17) is 16.3 Å². The number of rotatable bonds is 5. The Morgan fingerprint density at radius 2 is 1.92 bits per heavy atom. The average Bonchev–Trinajstić information content (AvgIpc) is 3.06. The number of aliphatic hydroxyl groups excluding tert-OH is 3. The summed E-state index contributed by atoms with van der Waals surface area (Å²) in [6.45, 7) is 1.63. The van der Waals surface area contributed by atoms with Crippen molar-refractivity contribution in [1.82, 2.24) is 9.88 Å². The van der Waals surface area contributed by atoms with Crippen LogP contribution >= 0.6 is 11.6 Å². The third-order valence-electron chi connectivity index (χ3n) is 9.29. The van der Waals surface area contributed by atoms with Gasteiger partial charge < -0.3 is 35.6 Å². The number of anilines is 2. The topological polar surface area (TPSA) is 144 Å². The maximum absolute atomic E-state index is 14.8. The first-order chi connectivity index (χ1) is 23.0. The number of nitrogens with zero attached hydrogens (tertiary/aromatic N) is 2. The second-order valence-corrected chi connectivity index (χ2v) is 12.9. The summed E-state index contributed by atoms with van der Waals surface area (Å²) in [5.41, 5.74) is 3.04. The molecule has 6 atom stereocenters. The quantitative estimate of drug-likeness (QED) is 0.236. The number of amides is 2. The molecule has 0 saturated carbocycles. The number of carbonyl (C=O) groups excluding carboxylic acids is 2. The Morgan fingerprint density at radius 1 is 1.10 bits per heavy atom. The number of aromatic nitrogens is 1. The first kappa shape index (κ1) is 33.9. The Hall–Kier alpha value is -3.94. The van der Waals surface area contributed by atoms with Crippen molar-refractivity contribution in [3.63, 3.8) is 0 Å². The van der Waals surface area contributed by atoms with Gasteiger partial charge in [0, 0.05) is 42.4 Å². The second-order valence-electron chi connectivity index (χ2n) is 12.5. The number of fused-ring (bicyclic) bond motifs is 4. The zero-order valence-electron chi connectivity index (χ0n) is 26.2. The van der Waals surface area contributed by atoms with Gasteiger partial charge in [-0.1, -0.05) is 31.0 Å². The van der Waals surface area contributed by atoms with Crippen LogP contribution in [-0.4, -0.2) is 74.7 Å². The zero-order valence-corrected chi connectivity index (χ0v) is 27.0. The van der Waals surface area contributed by atoms with Crippen LogP contribution in [0, 0.1) is 17.6 Å². The first-order valence-corrected chi connectivity index (χ1v) is 16.4. The Bertz CT molecular complexity index is 1740. The van der Waals surface area contributed by atoms with Gasteiger partial charge in [0.05, 0.1) is 40.7 Å². The highest BCUT2D eigenvalue weighted by molar-refractivity contribution is 6.31. The molecule has 1 aromatic heterocycles. The summed E-state index contributed by atoms with van der Waals surface area (Å²) in [7, 11) is 0. The molecule has 48 heavy (non-hydrogen) atoms. The van der Waals surface area contributed by atoms with Crippen molar-refractivity contribution in [3.8, 4) is 11.1 Å². The monoisotopic (exact) mass is 682 g/mol. The van der Waals surface area contributed by atoms with E-state index in [9.17, 15) is 33.7 Å². The smallest absolute Gasteiger partial charge is 0.247 e. The van der Waals surface area contributed by atoms with Gasteiger partial charge in [0.15, 0.2) is 12.0 Å². The number of carbonyl (C=O) groups is 2. The van der Waals surface area contributed by atoms with Gasteiger partial charge in [0.25, 0.3) is 0 Å². The lowest BCUT2D eigenvalue weighted by molar-refractivity contribution is -0.169. The molecule has 3 aromatic rings. The second kappa shape index (κ2) is 14.3. The number of hydrogen-bond acceptors (Lipinski definition) is 8. The van der Waals surface area contributed by atoms with Gasteiger partial charge in [-0.25, -0.2) is 8.78 Å². The Kier molecular flexibility index (Phi) is 10.1. The molecule has 6 rings (SSSR count). The van der Waals surface area contributed by atoms with Crippen LogP contribution in [0.15, 0.2) is 54.7 Å². The van der Waals surface area contributed by atoms with Crippen molar-refractivity contribution in [3.05, 3.63) is 82.7 Å². The Balaban J connectivity index is 1.32. The van der Waals surface area contributed by atoms with Crippen molar-refractivity contribution < 1.29 is 38.4 Å². The summed E-state index contributed by atoms with van der Waals surface area (Å²) in [6.07, 6.45) is 0.998. The molecule has 5 N–H and O–H groups in total. The lowest BCUT2D eigenvalue weighted by Gasteiger charge is -2.37. The SMILES string of the molecule is CC1CCCC(N2CCC(c3c(F)ccc(Cl)c3F)=CC2=O)c2cc(ccn2)-c2ccc(NC3O[C@H](CO)C(O)C[C@@H]3O)cc2NC1=O. The maximum atomic E-state index is 14.8. The fraction of sp³-hybridized carbons (Fsp3) is 0.400. The lowest BCUT2D eigenvalue weighted by Crippen LogP contribution is -2.51. The Labute approximate surface area is 281 Å². The summed E-state index contributed by atoms with van der Waals surface area (Å²) >= 11 is 5.91. The third-order valence-corrected chi connectivity index (χ3v) is 9.58. The fourth-order valence-corrected chi connectivity index (χ4v) is 6.75. The van der Waals surface area contributed by atoms with Gasteiger partial charge in [0.1, 0.15) is 18.0 Å². The minimum Gasteiger partial charge on any atom is -0.394 e. The number of pyridine rings is 1. The van der Waals surface area contributed by atoms with E-state index in [1.54, 1.807) is 29.3 Å². The van der Waals surface area contributed by atoms with E-state index < -0.39 is 54.7 Å². The lowest BCUT2D eigenvalue weighted by atomic mass is 9.92. The van der Waals surface area contributed by atoms with Crippen LogP contribution in [-0.2, 0) is 14.3 Å². The van der Waals surface area contributed by atoms with E-state index in [1.807, 2.05) is 19.1 Å². The number of nitrogens with one attached hydrogen (secondary N) is 2. The molecule has 0 spiro atoms. The highest BCUT2D eigenvalue weighted by Gasteiger charge is 2.36. The molecule has 2 amide bonds. The minimum atomic E-state index is -1.04. The van der Waals surface area contributed by atoms with Crippen LogP contribution in [0.5, 0.6) is 0 Å². The number of benzene rings is 2. The van der Waals surface area contributed by atoms with Gasteiger partial charge in [-0.15, -0.1) is 0 Å². The Morgan fingerprint density at radius 3 is 2.69 bits per heavy atom. The van der Waals surface area contributed by atoms with Crippen molar-refractivity contribution in [1.29, 1.82) is 0 Å². The van der Waals surface area contributed by atoms with E-state index >= 15 is 0 Å². The average molecular weight is 683 g/mol. The molecule has 3 aliphatic rings. The summed E-state index contributed by atoms with van der Waals surface area (Å²) in [4.78, 5) is 33.2. The molecule has 2 aromatic carbocycles.